The van der Waals surface area contributed by atoms with Crippen molar-refractivity contribution in [1.29, 1.82) is 0 Å². The number of hydrogen-bond acceptors (Lipinski definition) is 11. The number of rotatable bonds is 37. The number of phosphoric acid groups is 1. The SMILES string of the molecule is CC/C=C\C/C=C\C/C=C\C/C=C\C/C=C\CCCCCC(=O)OC(COCCCCCCCCCCCCCCC)COP(=O)(O)OC1C(O)C(O)C(O)C(O)C1O. The van der Waals surface area contributed by atoms with E-state index in [9.17, 15) is 39.8 Å². The third-order valence-electron chi connectivity index (χ3n) is 10.2. The van der Waals surface area contributed by atoms with Crippen LogP contribution in [0.1, 0.15) is 162 Å². The maximum atomic E-state index is 12.8. The lowest BCUT2D eigenvalue weighted by atomic mass is 9.85. The number of allylic oxidation sites excluding steroid dienone is 10. The lowest BCUT2D eigenvalue weighted by molar-refractivity contribution is -0.220. The summed E-state index contributed by atoms with van der Waals surface area (Å²) in [5, 5.41) is 50.1. The minimum Gasteiger partial charge on any atom is -0.457 e. The van der Waals surface area contributed by atoms with E-state index in [0.29, 0.717) is 13.0 Å². The lowest BCUT2D eigenvalue weighted by Gasteiger charge is -2.41. The van der Waals surface area contributed by atoms with Crippen LogP contribution < -0.4 is 0 Å². The molecule has 0 aromatic carbocycles. The third-order valence-corrected chi connectivity index (χ3v) is 11.1. The number of esters is 1. The molecule has 1 rings (SSSR count). The van der Waals surface area contributed by atoms with Crippen molar-refractivity contribution in [3.05, 3.63) is 60.8 Å². The summed E-state index contributed by atoms with van der Waals surface area (Å²) in [6.45, 7) is 4.10. The van der Waals surface area contributed by atoms with Crippen LogP contribution in [0.15, 0.2) is 60.8 Å². The zero-order chi connectivity index (χ0) is 43.4. The molecule has 6 atom stereocenters. The molecule has 1 fully saturated rings. The Morgan fingerprint density at radius 2 is 1.00 bits per heavy atom. The van der Waals surface area contributed by atoms with Gasteiger partial charge in [-0.3, -0.25) is 13.8 Å². The van der Waals surface area contributed by atoms with Crippen LogP contribution in [0.25, 0.3) is 0 Å². The molecule has 0 heterocycles. The quantitative estimate of drug-likeness (QED) is 0.0151. The number of unbranched alkanes of at least 4 members (excludes halogenated alkanes) is 15. The molecule has 0 aromatic rings. The van der Waals surface area contributed by atoms with E-state index >= 15 is 0 Å². The highest BCUT2D eigenvalue weighted by molar-refractivity contribution is 7.47. The van der Waals surface area contributed by atoms with E-state index in [2.05, 4.69) is 74.6 Å². The second-order valence-corrected chi connectivity index (χ2v) is 16.9. The van der Waals surface area contributed by atoms with Gasteiger partial charge in [-0.1, -0.05) is 158 Å². The number of carbonyl (C=O) groups is 1. The highest BCUT2D eigenvalue weighted by Crippen LogP contribution is 2.47. The number of ether oxygens (including phenoxy) is 2. The van der Waals surface area contributed by atoms with Crippen LogP contribution in [0.5, 0.6) is 0 Å². The standard InChI is InChI=1S/C46H81O12P/c1-3-5-7-9-11-13-15-17-18-19-20-21-22-23-25-27-29-31-33-35-40(47)57-39(37-55-36-34-32-30-28-26-24-16-14-12-10-8-6-4-2)38-56-59(53,54)58-46-44(51)42(49)41(48)43(50)45(46)52/h5,7,11,13,17-18,20-21,23,25,39,41-46,48-52H,3-4,6,8-10,12,14-16,19,22,24,26-38H2,1-2H3,(H,53,54)/b7-5-,13-11-,18-17-,21-20-,25-23-. The minimum absolute atomic E-state index is 0.0909. The van der Waals surface area contributed by atoms with Gasteiger partial charge in [0.1, 0.15) is 42.7 Å². The second-order valence-electron chi connectivity index (χ2n) is 15.5. The summed E-state index contributed by atoms with van der Waals surface area (Å²) in [6, 6.07) is 0. The number of aliphatic hydroxyl groups is 5. The van der Waals surface area contributed by atoms with Gasteiger partial charge in [0.2, 0.25) is 0 Å². The first-order chi connectivity index (χ1) is 28.5. The highest BCUT2D eigenvalue weighted by atomic mass is 31.2. The predicted molar refractivity (Wildman–Crippen MR) is 235 cm³/mol. The third kappa shape index (κ3) is 29.1. The Hall–Kier alpha value is -1.96. The van der Waals surface area contributed by atoms with Gasteiger partial charge in [-0.05, 0) is 57.8 Å². The number of phosphoric ester groups is 1. The van der Waals surface area contributed by atoms with Gasteiger partial charge < -0.3 is 39.9 Å². The molecule has 0 spiro atoms. The molecule has 0 aromatic heterocycles. The van der Waals surface area contributed by atoms with E-state index < -0.39 is 63.1 Å². The number of hydrogen-bond donors (Lipinski definition) is 6. The Bertz CT molecular complexity index is 1200. The van der Waals surface area contributed by atoms with E-state index in [1.807, 2.05) is 0 Å². The maximum Gasteiger partial charge on any atom is 0.472 e. The number of carbonyl (C=O) groups excluding carboxylic acids is 1. The van der Waals surface area contributed by atoms with Crippen molar-refractivity contribution in [2.24, 2.45) is 0 Å². The smallest absolute Gasteiger partial charge is 0.457 e. The zero-order valence-corrected chi connectivity index (χ0v) is 37.2. The summed E-state index contributed by atoms with van der Waals surface area (Å²) in [5.74, 6) is -0.509. The normalized spacial score (nSPS) is 23.1. The molecule has 1 aliphatic rings. The van der Waals surface area contributed by atoms with Crippen molar-refractivity contribution in [2.75, 3.05) is 19.8 Å². The molecule has 342 valence electrons. The largest absolute Gasteiger partial charge is 0.472 e. The van der Waals surface area contributed by atoms with Gasteiger partial charge in [-0.25, -0.2) is 4.57 Å². The number of aliphatic hydroxyl groups excluding tert-OH is 5. The topological polar surface area (TPSA) is 192 Å². The minimum atomic E-state index is -5.03. The molecule has 13 heteroatoms. The monoisotopic (exact) mass is 857 g/mol. The van der Waals surface area contributed by atoms with Gasteiger partial charge in [0, 0.05) is 13.0 Å². The van der Waals surface area contributed by atoms with Crippen molar-refractivity contribution in [3.63, 3.8) is 0 Å². The van der Waals surface area contributed by atoms with E-state index in [1.54, 1.807) is 0 Å². The fourth-order valence-electron chi connectivity index (χ4n) is 6.56. The lowest BCUT2D eigenvalue weighted by Crippen LogP contribution is -2.64. The molecule has 0 radical (unpaired) electrons. The summed E-state index contributed by atoms with van der Waals surface area (Å²) in [4.78, 5) is 23.1. The fourth-order valence-corrected chi connectivity index (χ4v) is 7.53. The fraction of sp³-hybridized carbons (Fsp3) is 0.761. The Kier molecular flexibility index (Phi) is 34.2. The van der Waals surface area contributed by atoms with Crippen LogP contribution >= 0.6 is 7.82 Å². The molecular weight excluding hydrogens is 775 g/mol. The van der Waals surface area contributed by atoms with Crippen LogP contribution in [0.2, 0.25) is 0 Å². The van der Waals surface area contributed by atoms with Gasteiger partial charge in [0.05, 0.1) is 13.2 Å². The molecule has 6 N–H and O–H groups in total. The molecule has 6 unspecified atom stereocenters. The molecular formula is C46H81O12P. The second kappa shape index (κ2) is 36.7. The Morgan fingerprint density at radius 1 is 0.559 bits per heavy atom. The van der Waals surface area contributed by atoms with Crippen molar-refractivity contribution in [2.45, 2.75) is 204 Å². The Labute approximate surface area is 356 Å². The van der Waals surface area contributed by atoms with E-state index in [0.717, 1.165) is 70.6 Å². The van der Waals surface area contributed by atoms with Gasteiger partial charge >= 0.3 is 13.8 Å². The van der Waals surface area contributed by atoms with E-state index in [1.165, 1.54) is 64.2 Å². The molecule has 1 saturated carbocycles. The summed E-state index contributed by atoms with van der Waals surface area (Å²) in [5.41, 5.74) is 0. The Morgan fingerprint density at radius 3 is 1.51 bits per heavy atom. The van der Waals surface area contributed by atoms with E-state index in [4.69, 9.17) is 18.5 Å². The van der Waals surface area contributed by atoms with E-state index in [-0.39, 0.29) is 13.0 Å². The zero-order valence-electron chi connectivity index (χ0n) is 36.3. The van der Waals surface area contributed by atoms with Gasteiger partial charge in [-0.15, -0.1) is 0 Å². The van der Waals surface area contributed by atoms with Crippen LogP contribution in [0.3, 0.4) is 0 Å². The molecule has 0 saturated heterocycles. The van der Waals surface area contributed by atoms with Crippen molar-refractivity contribution < 1.29 is 58.3 Å². The summed E-state index contributed by atoms with van der Waals surface area (Å²) in [7, 11) is -5.03. The van der Waals surface area contributed by atoms with Crippen LogP contribution in [0, 0.1) is 0 Å². The summed E-state index contributed by atoms with van der Waals surface area (Å²) < 4.78 is 34.1. The molecule has 0 amide bonds. The molecule has 1 aliphatic carbocycles. The van der Waals surface area contributed by atoms with Gasteiger partial charge in [0.25, 0.3) is 0 Å². The van der Waals surface area contributed by atoms with Crippen LogP contribution in [-0.4, -0.2) is 98.9 Å². The first-order valence-corrected chi connectivity index (χ1v) is 24.1. The van der Waals surface area contributed by atoms with Crippen LogP contribution in [-0.2, 0) is 27.9 Å². The van der Waals surface area contributed by atoms with Crippen molar-refractivity contribution in [1.82, 2.24) is 0 Å². The molecule has 12 nitrogen and oxygen atoms in total. The van der Waals surface area contributed by atoms with Gasteiger partial charge in [-0.2, -0.15) is 0 Å². The first-order valence-electron chi connectivity index (χ1n) is 22.6. The maximum absolute atomic E-state index is 12.8. The molecule has 0 aliphatic heterocycles. The Balaban J connectivity index is 2.44. The average Bonchev–Trinajstić information content (AvgIpc) is 3.22. The predicted octanol–water partition coefficient (Wildman–Crippen LogP) is 9.03. The van der Waals surface area contributed by atoms with Crippen LogP contribution in [0.4, 0.5) is 0 Å². The highest BCUT2D eigenvalue weighted by Gasteiger charge is 2.51. The van der Waals surface area contributed by atoms with Crippen molar-refractivity contribution in [3.8, 4) is 0 Å². The van der Waals surface area contributed by atoms with Gasteiger partial charge in [0.15, 0.2) is 0 Å². The van der Waals surface area contributed by atoms with Crippen molar-refractivity contribution >= 4 is 13.8 Å². The average molecular weight is 857 g/mol. The first kappa shape index (κ1) is 55.1. The summed E-state index contributed by atoms with van der Waals surface area (Å²) in [6.07, 6.45) is 32.9. The summed E-state index contributed by atoms with van der Waals surface area (Å²) >= 11 is 0. The molecule has 0 bridgehead atoms. The molecule has 59 heavy (non-hydrogen) atoms.